The lowest BCUT2D eigenvalue weighted by Gasteiger charge is -2.38. The summed E-state index contributed by atoms with van der Waals surface area (Å²) in [6.45, 7) is 6.02. The highest BCUT2D eigenvalue weighted by Crippen LogP contribution is 2.32. The predicted octanol–water partition coefficient (Wildman–Crippen LogP) is 6.63. The number of hydrogen-bond acceptors (Lipinski definition) is 6. The Bertz CT molecular complexity index is 1420. The van der Waals surface area contributed by atoms with Gasteiger partial charge in [0.1, 0.15) is 5.82 Å². The molecule has 0 bridgehead atoms. The normalized spacial score (nSPS) is 14.3. The van der Waals surface area contributed by atoms with E-state index in [-0.39, 0.29) is 40.3 Å². The van der Waals surface area contributed by atoms with Crippen LogP contribution in [-0.4, -0.2) is 80.7 Å². The highest BCUT2D eigenvalue weighted by atomic mass is 79.9. The van der Waals surface area contributed by atoms with Gasteiger partial charge in [-0.05, 0) is 68.9 Å². The molecule has 44 heavy (non-hydrogen) atoms. The Morgan fingerprint density at radius 1 is 1.09 bits per heavy atom. The molecule has 238 valence electrons. The molecule has 1 atom stereocenters. The number of hydrogen-bond donors (Lipinski definition) is 1. The number of nitro groups is 1. The topological polar surface area (TPSA) is 86.5 Å². The van der Waals surface area contributed by atoms with E-state index >= 15 is 0 Å². The van der Waals surface area contributed by atoms with E-state index in [1.165, 1.54) is 18.2 Å². The Hall–Kier alpha value is -3.12. The second-order valence-corrected chi connectivity index (χ2v) is 11.3. The van der Waals surface area contributed by atoms with Crippen molar-refractivity contribution >= 4 is 57.5 Å². The van der Waals surface area contributed by atoms with Crippen molar-refractivity contribution in [3.63, 3.8) is 0 Å². The van der Waals surface area contributed by atoms with Gasteiger partial charge in [-0.15, -0.1) is 17.0 Å². The van der Waals surface area contributed by atoms with Gasteiger partial charge in [0.25, 0.3) is 0 Å². The molecule has 0 aliphatic carbocycles. The van der Waals surface area contributed by atoms with Gasteiger partial charge in [0.05, 0.1) is 24.1 Å². The summed E-state index contributed by atoms with van der Waals surface area (Å²) in [7, 11) is 3.97. The van der Waals surface area contributed by atoms with Crippen molar-refractivity contribution in [1.29, 1.82) is 0 Å². The minimum atomic E-state index is -0.425. The molecule has 1 saturated heterocycles. The van der Waals surface area contributed by atoms with Crippen LogP contribution in [0.2, 0.25) is 10.0 Å². The van der Waals surface area contributed by atoms with E-state index in [1.807, 2.05) is 26.2 Å². The zero-order valence-corrected chi connectivity index (χ0v) is 28.2. The molecule has 3 aromatic carbocycles. The number of halogens is 4. The number of likely N-dealkylation sites (N-methyl/N-ethyl adjacent to an activating group) is 1. The summed E-state index contributed by atoms with van der Waals surface area (Å²) in [5, 5.41) is 16.2. The van der Waals surface area contributed by atoms with Gasteiger partial charge in [-0.25, -0.2) is 4.39 Å². The molecule has 0 aromatic heterocycles. The van der Waals surface area contributed by atoms with E-state index in [0.29, 0.717) is 62.3 Å². The van der Waals surface area contributed by atoms with Crippen molar-refractivity contribution in [3.8, 4) is 5.75 Å². The molecule has 1 aliphatic rings. The van der Waals surface area contributed by atoms with Crippen molar-refractivity contribution in [1.82, 2.24) is 15.1 Å². The first-order valence-electron chi connectivity index (χ1n) is 14.2. The Morgan fingerprint density at radius 2 is 1.80 bits per heavy atom. The Labute approximate surface area is 278 Å². The zero-order chi connectivity index (χ0) is 30.9. The van der Waals surface area contributed by atoms with Gasteiger partial charge in [0, 0.05) is 60.6 Å². The van der Waals surface area contributed by atoms with E-state index in [4.69, 9.17) is 32.9 Å². The van der Waals surface area contributed by atoms with Gasteiger partial charge in [-0.3, -0.25) is 15.1 Å². The van der Waals surface area contributed by atoms with Crippen LogP contribution in [0.25, 0.3) is 0 Å². The van der Waals surface area contributed by atoms with Gasteiger partial charge in [-0.1, -0.05) is 41.4 Å². The standard InChI is InChI=1S/C31H37Cl2FN6O3.BrH/c1-4-43-30-20-26(11-12-28(30)40(41)42)38-15-17-39(18-16-38)31(35-14-13-22-5-8-24(32)19-27(22)33)36-21-29(37(2)3)23-6-9-25(34)10-7-23;/h5-12,19-20,29H,4,13-18,21H2,1-3H3,(H,35,36);1H. The number of guanidine groups is 1. The van der Waals surface area contributed by atoms with Crippen LogP contribution in [0.3, 0.4) is 0 Å². The molecule has 3 aromatic rings. The highest BCUT2D eigenvalue weighted by Gasteiger charge is 2.24. The highest BCUT2D eigenvalue weighted by molar-refractivity contribution is 8.93. The SMILES string of the molecule is Br.CCOc1cc(N2CCN(C(=NCC(c3ccc(F)cc3)N(C)C)NCCc3ccc(Cl)cc3Cl)CC2)ccc1[N+](=O)[O-]. The van der Waals surface area contributed by atoms with E-state index in [9.17, 15) is 14.5 Å². The number of nitrogens with zero attached hydrogens (tertiary/aromatic N) is 5. The van der Waals surface area contributed by atoms with E-state index < -0.39 is 4.92 Å². The van der Waals surface area contributed by atoms with Crippen molar-refractivity contribution < 1.29 is 14.1 Å². The van der Waals surface area contributed by atoms with Crippen molar-refractivity contribution in [2.45, 2.75) is 19.4 Å². The minimum absolute atomic E-state index is 0. The molecule has 1 unspecified atom stereocenters. The van der Waals surface area contributed by atoms with Crippen LogP contribution in [0, 0.1) is 15.9 Å². The number of rotatable bonds is 11. The summed E-state index contributed by atoms with van der Waals surface area (Å²) >= 11 is 12.5. The first-order chi connectivity index (χ1) is 20.7. The lowest BCUT2D eigenvalue weighted by Crippen LogP contribution is -2.53. The van der Waals surface area contributed by atoms with Crippen LogP contribution in [0.15, 0.2) is 65.7 Å². The second-order valence-electron chi connectivity index (χ2n) is 10.4. The number of benzene rings is 3. The summed E-state index contributed by atoms with van der Waals surface area (Å²) in [6.07, 6.45) is 0.688. The molecule has 0 saturated carbocycles. The van der Waals surface area contributed by atoms with E-state index in [2.05, 4.69) is 20.0 Å². The molecular weight excluding hydrogens is 674 g/mol. The summed E-state index contributed by atoms with van der Waals surface area (Å²) in [5.74, 6) is 0.775. The minimum Gasteiger partial charge on any atom is -0.487 e. The van der Waals surface area contributed by atoms with Crippen molar-refractivity contribution in [3.05, 3.63) is 97.8 Å². The molecule has 1 N–H and O–H groups in total. The van der Waals surface area contributed by atoms with E-state index in [1.54, 1.807) is 37.3 Å². The lowest BCUT2D eigenvalue weighted by atomic mass is 10.1. The third-order valence-corrected chi connectivity index (χ3v) is 7.96. The Kier molecular flexibility index (Phi) is 13.5. The van der Waals surface area contributed by atoms with Gasteiger partial charge < -0.3 is 24.8 Å². The number of ether oxygens (including phenoxy) is 1. The summed E-state index contributed by atoms with van der Waals surface area (Å²) in [6, 6.07) is 17.0. The number of anilines is 1. The van der Waals surface area contributed by atoms with Crippen LogP contribution in [0.4, 0.5) is 15.8 Å². The maximum Gasteiger partial charge on any atom is 0.311 e. The summed E-state index contributed by atoms with van der Waals surface area (Å²) in [5.41, 5.74) is 2.81. The van der Waals surface area contributed by atoms with Crippen LogP contribution in [0.5, 0.6) is 5.75 Å². The molecule has 1 aliphatic heterocycles. The number of nitro benzene ring substituents is 1. The smallest absolute Gasteiger partial charge is 0.311 e. The zero-order valence-electron chi connectivity index (χ0n) is 25.0. The molecule has 1 heterocycles. The monoisotopic (exact) mass is 710 g/mol. The van der Waals surface area contributed by atoms with Crippen LogP contribution >= 0.6 is 40.2 Å². The molecule has 0 radical (unpaired) electrons. The maximum atomic E-state index is 13.6. The van der Waals surface area contributed by atoms with Gasteiger partial charge in [-0.2, -0.15) is 0 Å². The third kappa shape index (κ3) is 9.44. The lowest BCUT2D eigenvalue weighted by molar-refractivity contribution is -0.385. The second kappa shape index (κ2) is 16.8. The fraction of sp³-hybridized carbons (Fsp3) is 0.387. The number of piperazine rings is 1. The van der Waals surface area contributed by atoms with E-state index in [0.717, 1.165) is 22.8 Å². The fourth-order valence-corrected chi connectivity index (χ4v) is 5.53. The van der Waals surface area contributed by atoms with Gasteiger partial charge in [0.2, 0.25) is 0 Å². The third-order valence-electron chi connectivity index (χ3n) is 7.37. The molecule has 9 nitrogen and oxygen atoms in total. The first-order valence-corrected chi connectivity index (χ1v) is 15.0. The van der Waals surface area contributed by atoms with Crippen molar-refractivity contribution in [2.75, 3.05) is 64.9 Å². The molecular formula is C31H38BrCl2FN6O3. The molecule has 1 fully saturated rings. The largest absolute Gasteiger partial charge is 0.487 e. The van der Waals surface area contributed by atoms with Crippen LogP contribution in [0.1, 0.15) is 24.1 Å². The molecule has 0 amide bonds. The Morgan fingerprint density at radius 3 is 2.41 bits per heavy atom. The van der Waals surface area contributed by atoms with Gasteiger partial charge in [0.15, 0.2) is 11.7 Å². The fourth-order valence-electron chi connectivity index (χ4n) is 5.02. The summed E-state index contributed by atoms with van der Waals surface area (Å²) in [4.78, 5) is 22.5. The maximum absolute atomic E-state index is 13.6. The summed E-state index contributed by atoms with van der Waals surface area (Å²) < 4.78 is 19.1. The van der Waals surface area contributed by atoms with Gasteiger partial charge >= 0.3 is 5.69 Å². The first kappa shape index (κ1) is 35.4. The molecule has 13 heteroatoms. The number of nitrogens with one attached hydrogen (secondary N) is 1. The van der Waals surface area contributed by atoms with Crippen molar-refractivity contribution in [2.24, 2.45) is 4.99 Å². The molecule has 0 spiro atoms. The van der Waals surface area contributed by atoms with Crippen LogP contribution in [-0.2, 0) is 6.42 Å². The quantitative estimate of drug-likeness (QED) is 0.103. The number of aliphatic imine (C=N–C) groups is 1. The molecule has 4 rings (SSSR count). The Balaban J connectivity index is 0.00000529. The predicted molar refractivity (Wildman–Crippen MR) is 182 cm³/mol. The van der Waals surface area contributed by atoms with Crippen LogP contribution < -0.4 is 15.0 Å². The average molecular weight is 712 g/mol. The average Bonchev–Trinajstić information content (AvgIpc) is 2.98.